The number of hydrogen-bond acceptors (Lipinski definition) is 5. The van der Waals surface area contributed by atoms with E-state index >= 15 is 0 Å². The maximum Gasteiger partial charge on any atom is 0.190 e. The van der Waals surface area contributed by atoms with Gasteiger partial charge in [-0.15, -0.1) is 0 Å². The number of hydrogen-bond donors (Lipinski definition) is 2. The fourth-order valence-corrected chi connectivity index (χ4v) is 3.14. The average Bonchev–Trinajstić information content (AvgIpc) is 2.71. The summed E-state index contributed by atoms with van der Waals surface area (Å²) in [5, 5.41) is 6.80. The van der Waals surface area contributed by atoms with E-state index in [2.05, 4.69) is 33.5 Å². The molecule has 0 saturated carbocycles. The highest BCUT2D eigenvalue weighted by atomic mass is 16.5. The average molecular weight is 379 g/mol. The molecule has 2 rings (SSSR count). The molecular weight excluding hydrogens is 344 g/mol. The second-order valence-electron chi connectivity index (χ2n) is 6.84. The lowest BCUT2D eigenvalue weighted by molar-refractivity contribution is 0.0320. The lowest BCUT2D eigenvalue weighted by Gasteiger charge is -2.29. The Morgan fingerprint density at radius 3 is 2.59 bits per heavy atom. The number of aliphatic imine (C=N–C) groups is 1. The molecule has 0 spiro atoms. The van der Waals surface area contributed by atoms with Crippen molar-refractivity contribution >= 4 is 5.96 Å². The number of benzene rings is 1. The largest absolute Gasteiger partial charge is 0.493 e. The Labute approximate surface area is 163 Å². The van der Waals surface area contributed by atoms with Gasteiger partial charge in [0.25, 0.3) is 0 Å². The van der Waals surface area contributed by atoms with Gasteiger partial charge in [-0.05, 0) is 30.0 Å². The van der Waals surface area contributed by atoms with Crippen molar-refractivity contribution in [2.75, 3.05) is 67.2 Å². The summed E-state index contributed by atoms with van der Waals surface area (Å²) < 4.78 is 16.0. The first-order valence-corrected chi connectivity index (χ1v) is 9.61. The maximum absolute atomic E-state index is 5.40. The van der Waals surface area contributed by atoms with E-state index in [1.54, 1.807) is 21.3 Å². The van der Waals surface area contributed by atoms with Crippen molar-refractivity contribution in [1.82, 2.24) is 15.5 Å². The van der Waals surface area contributed by atoms with Gasteiger partial charge in [0.1, 0.15) is 0 Å². The van der Waals surface area contributed by atoms with Crippen molar-refractivity contribution in [1.29, 1.82) is 0 Å². The van der Waals surface area contributed by atoms with Crippen molar-refractivity contribution in [3.8, 4) is 11.5 Å². The molecule has 7 heteroatoms. The number of nitrogens with zero attached hydrogens (tertiary/aromatic N) is 2. The quantitative estimate of drug-likeness (QED) is 0.500. The zero-order valence-corrected chi connectivity index (χ0v) is 17.1. The van der Waals surface area contributed by atoms with Crippen LogP contribution < -0.4 is 20.1 Å². The lowest BCUT2D eigenvalue weighted by atomic mass is 10.1. The molecule has 1 aliphatic heterocycles. The molecule has 0 aromatic heterocycles. The molecule has 1 fully saturated rings. The van der Waals surface area contributed by atoms with E-state index in [0.717, 1.165) is 69.8 Å². The van der Waals surface area contributed by atoms with Gasteiger partial charge in [0.2, 0.25) is 0 Å². The van der Waals surface area contributed by atoms with Gasteiger partial charge in [-0.25, -0.2) is 0 Å². The Kier molecular flexibility index (Phi) is 9.21. The topological polar surface area (TPSA) is 67.4 Å². The van der Waals surface area contributed by atoms with Crippen LogP contribution in [0.3, 0.4) is 0 Å². The molecule has 0 bridgehead atoms. The molecule has 1 saturated heterocycles. The number of nitrogens with one attached hydrogen (secondary N) is 2. The van der Waals surface area contributed by atoms with E-state index in [1.165, 1.54) is 5.56 Å². The smallest absolute Gasteiger partial charge is 0.190 e. The van der Waals surface area contributed by atoms with Crippen molar-refractivity contribution in [2.45, 2.75) is 13.3 Å². The van der Waals surface area contributed by atoms with Crippen LogP contribution in [0.15, 0.2) is 23.2 Å². The number of guanidine groups is 1. The molecule has 152 valence electrons. The van der Waals surface area contributed by atoms with Crippen LogP contribution in [0.25, 0.3) is 0 Å². The van der Waals surface area contributed by atoms with Crippen LogP contribution in [-0.2, 0) is 11.2 Å². The first kappa shape index (κ1) is 21.3. The van der Waals surface area contributed by atoms with Crippen LogP contribution in [0.4, 0.5) is 0 Å². The third-order valence-electron chi connectivity index (χ3n) is 4.67. The van der Waals surface area contributed by atoms with Crippen molar-refractivity contribution in [3.63, 3.8) is 0 Å². The summed E-state index contributed by atoms with van der Waals surface area (Å²) in [5.41, 5.74) is 1.19. The monoisotopic (exact) mass is 378 g/mol. The fourth-order valence-electron chi connectivity index (χ4n) is 3.14. The Morgan fingerprint density at radius 1 is 1.19 bits per heavy atom. The van der Waals surface area contributed by atoms with E-state index < -0.39 is 0 Å². The van der Waals surface area contributed by atoms with Crippen LogP contribution in [0.5, 0.6) is 11.5 Å². The second kappa shape index (κ2) is 11.7. The number of rotatable bonds is 9. The first-order valence-electron chi connectivity index (χ1n) is 9.61. The molecule has 0 aliphatic carbocycles. The summed E-state index contributed by atoms with van der Waals surface area (Å²) in [6.45, 7) is 8.79. The van der Waals surface area contributed by atoms with E-state index in [9.17, 15) is 0 Å². The second-order valence-corrected chi connectivity index (χ2v) is 6.84. The van der Waals surface area contributed by atoms with Crippen molar-refractivity contribution < 1.29 is 14.2 Å². The zero-order chi connectivity index (χ0) is 19.5. The first-order chi connectivity index (χ1) is 13.2. The maximum atomic E-state index is 5.40. The lowest BCUT2D eigenvalue weighted by Crippen LogP contribution is -2.44. The Hall–Kier alpha value is -1.99. The highest BCUT2D eigenvalue weighted by molar-refractivity contribution is 5.79. The summed E-state index contributed by atoms with van der Waals surface area (Å²) in [5.74, 6) is 2.90. The van der Waals surface area contributed by atoms with Crippen LogP contribution in [0.2, 0.25) is 0 Å². The Morgan fingerprint density at radius 2 is 1.93 bits per heavy atom. The highest BCUT2D eigenvalue weighted by Gasteiger charge is 2.14. The molecule has 1 heterocycles. The number of ether oxygens (including phenoxy) is 3. The van der Waals surface area contributed by atoms with E-state index in [-0.39, 0.29) is 0 Å². The molecule has 1 aromatic carbocycles. The van der Waals surface area contributed by atoms with Gasteiger partial charge in [0, 0.05) is 39.8 Å². The molecule has 1 aromatic rings. The molecular formula is C20H34N4O3. The normalized spacial score (nSPS) is 16.7. The van der Waals surface area contributed by atoms with E-state index in [1.807, 2.05) is 12.1 Å². The van der Waals surface area contributed by atoms with Crippen LogP contribution in [0, 0.1) is 5.92 Å². The molecule has 7 nitrogen and oxygen atoms in total. The molecule has 0 amide bonds. The van der Waals surface area contributed by atoms with Gasteiger partial charge in [0.15, 0.2) is 17.5 Å². The minimum atomic E-state index is 0.549. The summed E-state index contributed by atoms with van der Waals surface area (Å²) in [6, 6.07) is 6.01. The van der Waals surface area contributed by atoms with Crippen molar-refractivity contribution in [3.05, 3.63) is 23.8 Å². The van der Waals surface area contributed by atoms with E-state index in [0.29, 0.717) is 5.92 Å². The molecule has 1 atom stereocenters. The summed E-state index contributed by atoms with van der Waals surface area (Å²) in [6.07, 6.45) is 0.879. The van der Waals surface area contributed by atoms with Crippen LogP contribution >= 0.6 is 0 Å². The third kappa shape index (κ3) is 7.27. The molecule has 2 N–H and O–H groups in total. The molecule has 1 unspecified atom stereocenters. The zero-order valence-electron chi connectivity index (χ0n) is 17.1. The van der Waals surface area contributed by atoms with E-state index in [4.69, 9.17) is 14.2 Å². The predicted molar refractivity (Wildman–Crippen MR) is 109 cm³/mol. The SMILES string of the molecule is CN=C(NCCc1ccc(OC)c(OC)c1)NCC(C)CN1CCOCC1. The van der Waals surface area contributed by atoms with Gasteiger partial charge < -0.3 is 24.8 Å². The molecule has 0 radical (unpaired) electrons. The summed E-state index contributed by atoms with van der Waals surface area (Å²) in [7, 11) is 5.11. The Bertz CT molecular complexity index is 589. The number of morpholine rings is 1. The molecule has 27 heavy (non-hydrogen) atoms. The predicted octanol–water partition coefficient (Wildman–Crippen LogP) is 1.38. The minimum absolute atomic E-state index is 0.549. The fraction of sp³-hybridized carbons (Fsp3) is 0.650. The van der Waals surface area contributed by atoms with Crippen molar-refractivity contribution in [2.24, 2.45) is 10.9 Å². The van der Waals surface area contributed by atoms with Gasteiger partial charge in [-0.3, -0.25) is 9.89 Å². The van der Waals surface area contributed by atoms with Gasteiger partial charge in [-0.2, -0.15) is 0 Å². The molecule has 1 aliphatic rings. The van der Waals surface area contributed by atoms with Crippen LogP contribution in [0.1, 0.15) is 12.5 Å². The Balaban J connectivity index is 1.70. The van der Waals surface area contributed by atoms with Crippen LogP contribution in [-0.4, -0.2) is 78.1 Å². The van der Waals surface area contributed by atoms with Gasteiger partial charge >= 0.3 is 0 Å². The third-order valence-corrected chi connectivity index (χ3v) is 4.67. The summed E-state index contributed by atoms with van der Waals surface area (Å²) in [4.78, 5) is 6.78. The van der Waals surface area contributed by atoms with Gasteiger partial charge in [-0.1, -0.05) is 13.0 Å². The standard InChI is InChI=1S/C20H34N4O3/c1-16(15-24-9-11-27-12-10-24)14-23-20(21-2)22-8-7-17-5-6-18(25-3)19(13-17)26-4/h5-6,13,16H,7-12,14-15H2,1-4H3,(H2,21,22,23). The highest BCUT2D eigenvalue weighted by Crippen LogP contribution is 2.27. The summed E-state index contributed by atoms with van der Waals surface area (Å²) >= 11 is 0. The van der Waals surface area contributed by atoms with Gasteiger partial charge in [0.05, 0.1) is 27.4 Å². The number of methoxy groups -OCH3 is 2. The minimum Gasteiger partial charge on any atom is -0.493 e.